The maximum Gasteiger partial charge on any atom is 0.519 e. The summed E-state index contributed by atoms with van der Waals surface area (Å²) in [7, 11) is 0. The molecule has 5 heteroatoms. The maximum absolute atomic E-state index is 12.6. The van der Waals surface area contributed by atoms with Crippen molar-refractivity contribution in [3.05, 3.63) is 95.6 Å². The van der Waals surface area contributed by atoms with Crippen LogP contribution in [0.1, 0.15) is 56.7 Å². The second-order valence-electron chi connectivity index (χ2n) is 8.97. The average molecular weight is 462 g/mol. The molecule has 0 aliphatic carbocycles. The highest BCUT2D eigenvalue weighted by Crippen LogP contribution is 2.36. The molecule has 0 bridgehead atoms. The molecule has 3 aromatic rings. The van der Waals surface area contributed by atoms with Gasteiger partial charge in [-0.1, -0.05) is 54.6 Å². The molecule has 0 aliphatic heterocycles. The molecular formula is C29H35NO4. The van der Waals surface area contributed by atoms with Crippen molar-refractivity contribution in [3.8, 4) is 11.5 Å². The van der Waals surface area contributed by atoms with Gasteiger partial charge in [-0.15, -0.1) is 0 Å². The van der Waals surface area contributed by atoms with Crippen molar-refractivity contribution >= 4 is 6.16 Å². The molecule has 0 aliphatic rings. The lowest BCUT2D eigenvalue weighted by molar-refractivity contribution is 0.151. The molecule has 34 heavy (non-hydrogen) atoms. The number of rotatable bonds is 10. The summed E-state index contributed by atoms with van der Waals surface area (Å²) in [5.74, 6) is 0.838. The van der Waals surface area contributed by atoms with Crippen LogP contribution in [-0.2, 0) is 6.61 Å². The third-order valence-electron chi connectivity index (χ3n) is 5.97. The predicted molar refractivity (Wildman–Crippen MR) is 135 cm³/mol. The summed E-state index contributed by atoms with van der Waals surface area (Å²) in [4.78, 5) is 15.0. The summed E-state index contributed by atoms with van der Waals surface area (Å²) >= 11 is 0. The first-order valence-corrected chi connectivity index (χ1v) is 11.9. The summed E-state index contributed by atoms with van der Waals surface area (Å²) in [6.07, 6.45) is 0.0429. The third kappa shape index (κ3) is 6.92. The van der Waals surface area contributed by atoms with Crippen LogP contribution < -0.4 is 9.47 Å². The molecule has 0 amide bonds. The number of carbonyl (C=O) groups is 1. The SMILES string of the molecule is CC(C)N(CCC(c1ccccc1)c1cc(CO)ccc1OC(=O)Oc1ccccc1)C(C)C. The van der Waals surface area contributed by atoms with Crippen LogP contribution in [0.5, 0.6) is 11.5 Å². The summed E-state index contributed by atoms with van der Waals surface area (Å²) in [6, 6.07) is 25.3. The zero-order chi connectivity index (χ0) is 24.5. The van der Waals surface area contributed by atoms with Gasteiger partial charge in [-0.05, 0) is 76.1 Å². The quantitative estimate of drug-likeness (QED) is 0.280. The zero-order valence-corrected chi connectivity index (χ0v) is 20.5. The van der Waals surface area contributed by atoms with Crippen molar-refractivity contribution in [1.29, 1.82) is 0 Å². The molecule has 3 rings (SSSR count). The highest BCUT2D eigenvalue weighted by molar-refractivity contribution is 5.68. The molecule has 1 atom stereocenters. The Bertz CT molecular complexity index is 1030. The summed E-state index contributed by atoms with van der Waals surface area (Å²) in [5.41, 5.74) is 2.76. The van der Waals surface area contributed by atoms with Gasteiger partial charge in [0.15, 0.2) is 0 Å². The number of benzene rings is 3. The van der Waals surface area contributed by atoms with Gasteiger partial charge < -0.3 is 14.6 Å². The first-order chi connectivity index (χ1) is 16.4. The lowest BCUT2D eigenvalue weighted by Gasteiger charge is -2.32. The van der Waals surface area contributed by atoms with Crippen molar-refractivity contribution in [2.45, 2.75) is 58.7 Å². The van der Waals surface area contributed by atoms with Crippen molar-refractivity contribution in [2.24, 2.45) is 0 Å². The minimum Gasteiger partial charge on any atom is -0.395 e. The van der Waals surface area contributed by atoms with E-state index in [0.717, 1.165) is 29.7 Å². The highest BCUT2D eigenvalue weighted by atomic mass is 16.7. The van der Waals surface area contributed by atoms with Gasteiger partial charge in [-0.3, -0.25) is 4.90 Å². The largest absolute Gasteiger partial charge is 0.519 e. The van der Waals surface area contributed by atoms with Gasteiger partial charge in [-0.2, -0.15) is 0 Å². The fourth-order valence-electron chi connectivity index (χ4n) is 4.33. The summed E-state index contributed by atoms with van der Waals surface area (Å²) in [6.45, 7) is 9.62. The van der Waals surface area contributed by atoms with Crippen LogP contribution >= 0.6 is 0 Å². The van der Waals surface area contributed by atoms with E-state index in [2.05, 4.69) is 44.7 Å². The number of aliphatic hydroxyl groups is 1. The zero-order valence-electron chi connectivity index (χ0n) is 20.5. The van der Waals surface area contributed by atoms with Gasteiger partial charge in [0.05, 0.1) is 6.61 Å². The standard InChI is InChI=1S/C29H35NO4/c1-21(2)30(22(3)4)18-17-26(24-11-7-5-8-12-24)27-19-23(20-31)15-16-28(27)34-29(32)33-25-13-9-6-10-14-25/h5-16,19,21-22,26,31H,17-18,20H2,1-4H3. The van der Waals surface area contributed by atoms with E-state index in [-0.39, 0.29) is 12.5 Å². The van der Waals surface area contributed by atoms with Crippen LogP contribution in [0.15, 0.2) is 78.9 Å². The van der Waals surface area contributed by atoms with Crippen molar-refractivity contribution in [2.75, 3.05) is 6.54 Å². The number of carbonyl (C=O) groups excluding carboxylic acids is 1. The molecule has 1 unspecified atom stereocenters. The maximum atomic E-state index is 12.6. The number of nitrogens with zero attached hydrogens (tertiary/aromatic N) is 1. The fourth-order valence-corrected chi connectivity index (χ4v) is 4.33. The molecule has 180 valence electrons. The summed E-state index contributed by atoms with van der Waals surface area (Å²) in [5, 5.41) is 9.81. The van der Waals surface area contributed by atoms with E-state index < -0.39 is 6.16 Å². The second kappa shape index (κ2) is 12.4. The Morgan fingerprint density at radius 2 is 1.47 bits per heavy atom. The molecule has 0 saturated carbocycles. The Morgan fingerprint density at radius 1 is 0.853 bits per heavy atom. The first-order valence-electron chi connectivity index (χ1n) is 11.9. The third-order valence-corrected chi connectivity index (χ3v) is 5.97. The van der Waals surface area contributed by atoms with Gasteiger partial charge in [0, 0.05) is 23.6 Å². The van der Waals surface area contributed by atoms with E-state index in [9.17, 15) is 9.90 Å². The number of hydrogen-bond acceptors (Lipinski definition) is 5. The molecule has 0 radical (unpaired) electrons. The van der Waals surface area contributed by atoms with E-state index in [1.54, 1.807) is 36.4 Å². The first kappa shape index (κ1) is 25.5. The van der Waals surface area contributed by atoms with E-state index in [4.69, 9.17) is 9.47 Å². The minimum atomic E-state index is -0.790. The van der Waals surface area contributed by atoms with Crippen molar-refractivity contribution in [3.63, 3.8) is 0 Å². The van der Waals surface area contributed by atoms with Gasteiger partial charge in [0.2, 0.25) is 0 Å². The Labute approximate surface area is 203 Å². The molecule has 0 spiro atoms. The highest BCUT2D eigenvalue weighted by Gasteiger charge is 2.23. The Balaban J connectivity index is 1.94. The van der Waals surface area contributed by atoms with E-state index in [1.165, 1.54) is 0 Å². The Hall–Kier alpha value is -3.15. The number of ether oxygens (including phenoxy) is 2. The van der Waals surface area contributed by atoms with Gasteiger partial charge in [0.25, 0.3) is 0 Å². The van der Waals surface area contributed by atoms with Gasteiger partial charge in [0.1, 0.15) is 11.5 Å². The van der Waals surface area contributed by atoms with Gasteiger partial charge in [-0.25, -0.2) is 4.79 Å². The monoisotopic (exact) mass is 461 g/mol. The second-order valence-corrected chi connectivity index (χ2v) is 8.97. The topological polar surface area (TPSA) is 59.0 Å². The number of para-hydroxylation sites is 1. The van der Waals surface area contributed by atoms with E-state index in [1.807, 2.05) is 30.3 Å². The minimum absolute atomic E-state index is 0.0211. The molecule has 3 aromatic carbocycles. The lowest BCUT2D eigenvalue weighted by Crippen LogP contribution is -2.38. The Morgan fingerprint density at radius 3 is 2.06 bits per heavy atom. The van der Waals surface area contributed by atoms with Crippen LogP contribution in [0.4, 0.5) is 4.79 Å². The molecule has 0 heterocycles. The Kier molecular flexibility index (Phi) is 9.25. The molecule has 0 fully saturated rings. The molecular weight excluding hydrogens is 426 g/mol. The van der Waals surface area contributed by atoms with Crippen LogP contribution in [0.2, 0.25) is 0 Å². The molecule has 5 nitrogen and oxygen atoms in total. The smallest absolute Gasteiger partial charge is 0.395 e. The summed E-state index contributed by atoms with van der Waals surface area (Å²) < 4.78 is 11.1. The van der Waals surface area contributed by atoms with Crippen LogP contribution in [0.3, 0.4) is 0 Å². The number of aliphatic hydroxyl groups excluding tert-OH is 1. The van der Waals surface area contributed by atoms with Crippen LogP contribution in [0, 0.1) is 0 Å². The van der Waals surface area contributed by atoms with E-state index >= 15 is 0 Å². The molecule has 0 saturated heterocycles. The van der Waals surface area contributed by atoms with Crippen molar-refractivity contribution in [1.82, 2.24) is 4.90 Å². The normalized spacial score (nSPS) is 12.2. The van der Waals surface area contributed by atoms with Gasteiger partial charge >= 0.3 is 6.16 Å². The molecule has 1 N–H and O–H groups in total. The lowest BCUT2D eigenvalue weighted by atomic mass is 9.86. The predicted octanol–water partition coefficient (Wildman–Crippen LogP) is 6.40. The fraction of sp³-hybridized carbons (Fsp3) is 0.345. The van der Waals surface area contributed by atoms with Crippen LogP contribution in [-0.4, -0.2) is 34.8 Å². The van der Waals surface area contributed by atoms with Crippen molar-refractivity contribution < 1.29 is 19.4 Å². The average Bonchev–Trinajstić information content (AvgIpc) is 2.83. The molecule has 0 aromatic heterocycles. The van der Waals surface area contributed by atoms with Crippen LogP contribution in [0.25, 0.3) is 0 Å². The number of hydrogen-bond donors (Lipinski definition) is 1. The van der Waals surface area contributed by atoms with E-state index in [0.29, 0.717) is 23.6 Å².